The van der Waals surface area contributed by atoms with E-state index in [1.54, 1.807) is 18.2 Å². The second-order valence-electron chi connectivity index (χ2n) is 4.78. The average molecular weight is 269 g/mol. The molecule has 0 amide bonds. The van der Waals surface area contributed by atoms with Crippen molar-refractivity contribution in [3.05, 3.63) is 24.3 Å². The summed E-state index contributed by atoms with van der Waals surface area (Å²) in [6.07, 6.45) is 1.73. The van der Waals surface area contributed by atoms with Crippen LogP contribution < -0.4 is 5.32 Å². The maximum absolute atomic E-state index is 12.1. The zero-order chi connectivity index (χ0) is 13.2. The van der Waals surface area contributed by atoms with Gasteiger partial charge in [-0.3, -0.25) is 0 Å². The first-order chi connectivity index (χ1) is 8.53. The number of nitrogens with one attached hydrogen (secondary N) is 1. The van der Waals surface area contributed by atoms with Gasteiger partial charge < -0.3 is 10.4 Å². The molecule has 0 spiro atoms. The Balaban J connectivity index is 2.20. The minimum absolute atomic E-state index is 0.166. The van der Waals surface area contributed by atoms with Crippen molar-refractivity contribution in [3.63, 3.8) is 0 Å². The van der Waals surface area contributed by atoms with Crippen LogP contribution in [0.25, 0.3) is 0 Å². The van der Waals surface area contributed by atoms with Crippen LogP contribution in [0.3, 0.4) is 0 Å². The molecule has 4 nitrogen and oxygen atoms in total. The molecule has 0 bridgehead atoms. The van der Waals surface area contributed by atoms with E-state index in [4.69, 9.17) is 0 Å². The first kappa shape index (κ1) is 13.4. The molecule has 1 aromatic carbocycles. The Bertz CT molecular complexity index is 507. The minimum atomic E-state index is -3.21. The molecular formula is C13H19NO3S. The summed E-state index contributed by atoms with van der Waals surface area (Å²) in [5, 5.41) is 12.5. The Morgan fingerprint density at radius 2 is 2.00 bits per heavy atom. The van der Waals surface area contributed by atoms with Crippen LogP contribution in [-0.2, 0) is 9.84 Å². The van der Waals surface area contributed by atoms with Crippen molar-refractivity contribution in [3.8, 4) is 0 Å². The van der Waals surface area contributed by atoms with Crippen LogP contribution in [0.5, 0.6) is 0 Å². The van der Waals surface area contributed by atoms with Gasteiger partial charge in [-0.1, -0.05) is 19.1 Å². The standard InChI is InChI=1S/C13H19NO3S/c1-2-7-18(16,17)13-6-4-3-5-12(13)14-10-8-11(15)9-10/h3-6,10-11,14-15H,2,7-9H2,1H3. The zero-order valence-corrected chi connectivity index (χ0v) is 11.3. The number of anilines is 1. The van der Waals surface area contributed by atoms with E-state index in [-0.39, 0.29) is 17.9 Å². The number of hydrogen-bond acceptors (Lipinski definition) is 4. The highest BCUT2D eigenvalue weighted by molar-refractivity contribution is 7.91. The molecule has 100 valence electrons. The van der Waals surface area contributed by atoms with Crippen LogP contribution in [0.4, 0.5) is 5.69 Å². The van der Waals surface area contributed by atoms with Crippen molar-refractivity contribution in [1.29, 1.82) is 0 Å². The molecule has 1 aliphatic carbocycles. The largest absolute Gasteiger partial charge is 0.393 e. The highest BCUT2D eigenvalue weighted by atomic mass is 32.2. The lowest BCUT2D eigenvalue weighted by molar-refractivity contribution is 0.0836. The predicted octanol–water partition coefficient (Wildman–Crippen LogP) is 1.81. The summed E-state index contributed by atoms with van der Waals surface area (Å²) in [6.45, 7) is 1.86. The Morgan fingerprint density at radius 1 is 1.33 bits per heavy atom. The van der Waals surface area contributed by atoms with Crippen molar-refractivity contribution < 1.29 is 13.5 Å². The molecule has 1 saturated carbocycles. The smallest absolute Gasteiger partial charge is 0.180 e. The van der Waals surface area contributed by atoms with Crippen molar-refractivity contribution in [2.24, 2.45) is 0 Å². The molecule has 0 atom stereocenters. The van der Waals surface area contributed by atoms with Crippen LogP contribution in [0, 0.1) is 0 Å². The fourth-order valence-electron chi connectivity index (χ4n) is 2.16. The van der Waals surface area contributed by atoms with Gasteiger partial charge in [0.1, 0.15) is 0 Å². The van der Waals surface area contributed by atoms with Gasteiger partial charge in [-0.15, -0.1) is 0 Å². The Kier molecular flexibility index (Phi) is 3.92. The third-order valence-electron chi connectivity index (χ3n) is 3.17. The number of hydrogen-bond donors (Lipinski definition) is 2. The third-order valence-corrected chi connectivity index (χ3v) is 5.14. The topological polar surface area (TPSA) is 66.4 Å². The summed E-state index contributed by atoms with van der Waals surface area (Å²) in [4.78, 5) is 0.369. The highest BCUT2D eigenvalue weighted by Crippen LogP contribution is 2.28. The fraction of sp³-hybridized carbons (Fsp3) is 0.538. The van der Waals surface area contributed by atoms with E-state index in [2.05, 4.69) is 5.32 Å². The quantitative estimate of drug-likeness (QED) is 0.855. The number of aliphatic hydroxyl groups is 1. The predicted molar refractivity (Wildman–Crippen MR) is 71.4 cm³/mol. The second kappa shape index (κ2) is 5.28. The lowest BCUT2D eigenvalue weighted by Gasteiger charge is -2.33. The molecule has 2 rings (SSSR count). The number of sulfone groups is 1. The highest BCUT2D eigenvalue weighted by Gasteiger charge is 2.28. The second-order valence-corrected chi connectivity index (χ2v) is 6.86. The molecule has 0 unspecified atom stereocenters. The maximum Gasteiger partial charge on any atom is 0.180 e. The van der Waals surface area contributed by atoms with Gasteiger partial charge in [0, 0.05) is 6.04 Å². The van der Waals surface area contributed by atoms with Gasteiger partial charge in [-0.25, -0.2) is 8.42 Å². The van der Waals surface area contributed by atoms with Gasteiger partial charge in [0.2, 0.25) is 0 Å². The monoisotopic (exact) mass is 269 g/mol. The molecule has 5 heteroatoms. The number of rotatable bonds is 5. The molecule has 0 radical (unpaired) electrons. The summed E-state index contributed by atoms with van der Waals surface area (Å²) in [5.41, 5.74) is 0.655. The van der Waals surface area contributed by atoms with Crippen LogP contribution in [0.15, 0.2) is 29.2 Å². The van der Waals surface area contributed by atoms with Crippen molar-refractivity contribution in [1.82, 2.24) is 0 Å². The van der Waals surface area contributed by atoms with Crippen LogP contribution >= 0.6 is 0 Å². The molecule has 18 heavy (non-hydrogen) atoms. The van der Waals surface area contributed by atoms with Gasteiger partial charge in [0.15, 0.2) is 9.84 Å². The van der Waals surface area contributed by atoms with Crippen LogP contribution in [0.1, 0.15) is 26.2 Å². The van der Waals surface area contributed by atoms with Crippen molar-refractivity contribution in [2.75, 3.05) is 11.1 Å². The summed E-state index contributed by atoms with van der Waals surface area (Å²) in [6, 6.07) is 7.17. The summed E-state index contributed by atoms with van der Waals surface area (Å²) in [5.74, 6) is 0.166. The van der Waals surface area contributed by atoms with Gasteiger partial charge >= 0.3 is 0 Å². The van der Waals surface area contributed by atoms with Gasteiger partial charge in [0.25, 0.3) is 0 Å². The van der Waals surface area contributed by atoms with Crippen molar-refractivity contribution >= 4 is 15.5 Å². The Labute approximate surface area is 108 Å². The maximum atomic E-state index is 12.1. The molecule has 2 N–H and O–H groups in total. The first-order valence-corrected chi connectivity index (χ1v) is 7.94. The van der Waals surface area contributed by atoms with E-state index in [1.807, 2.05) is 13.0 Å². The van der Waals surface area contributed by atoms with E-state index >= 15 is 0 Å². The molecule has 0 aromatic heterocycles. The summed E-state index contributed by atoms with van der Waals surface area (Å²) in [7, 11) is -3.21. The molecule has 0 heterocycles. The van der Waals surface area contributed by atoms with E-state index in [9.17, 15) is 13.5 Å². The number of para-hydroxylation sites is 1. The normalized spacial score (nSPS) is 23.4. The van der Waals surface area contributed by atoms with Gasteiger partial charge in [-0.05, 0) is 31.4 Å². The first-order valence-electron chi connectivity index (χ1n) is 6.29. The van der Waals surface area contributed by atoms with Gasteiger partial charge in [-0.2, -0.15) is 0 Å². The van der Waals surface area contributed by atoms with Crippen LogP contribution in [0.2, 0.25) is 0 Å². The van der Waals surface area contributed by atoms with Crippen molar-refractivity contribution in [2.45, 2.75) is 43.2 Å². The zero-order valence-electron chi connectivity index (χ0n) is 10.5. The molecule has 1 aliphatic rings. The lowest BCUT2D eigenvalue weighted by atomic mass is 9.89. The van der Waals surface area contributed by atoms with E-state index in [0.717, 1.165) is 0 Å². The van der Waals surface area contributed by atoms with Gasteiger partial charge in [0.05, 0.1) is 22.4 Å². The lowest BCUT2D eigenvalue weighted by Crippen LogP contribution is -2.39. The molecule has 1 fully saturated rings. The Hall–Kier alpha value is -1.07. The SMILES string of the molecule is CCCS(=O)(=O)c1ccccc1NC1CC(O)C1. The molecule has 1 aromatic rings. The summed E-state index contributed by atoms with van der Waals surface area (Å²) < 4.78 is 24.2. The minimum Gasteiger partial charge on any atom is -0.393 e. The summed E-state index contributed by atoms with van der Waals surface area (Å²) >= 11 is 0. The van der Waals surface area contributed by atoms with Crippen LogP contribution in [-0.4, -0.2) is 31.4 Å². The molecular weight excluding hydrogens is 250 g/mol. The van der Waals surface area contributed by atoms with E-state index in [1.165, 1.54) is 0 Å². The number of aliphatic hydroxyl groups excluding tert-OH is 1. The third kappa shape index (κ3) is 2.84. The Morgan fingerprint density at radius 3 is 2.61 bits per heavy atom. The molecule has 0 saturated heterocycles. The average Bonchev–Trinajstić information content (AvgIpc) is 2.27. The van der Waals surface area contributed by atoms with E-state index in [0.29, 0.717) is 29.8 Å². The number of benzene rings is 1. The fourth-order valence-corrected chi connectivity index (χ4v) is 3.67. The van der Waals surface area contributed by atoms with E-state index < -0.39 is 9.84 Å². The molecule has 0 aliphatic heterocycles.